The van der Waals surface area contributed by atoms with Gasteiger partial charge in [-0.1, -0.05) is 78.5 Å². The molecule has 1 N–H and O–H groups in total. The summed E-state index contributed by atoms with van der Waals surface area (Å²) in [5.74, 6) is 1.25. The first-order chi connectivity index (χ1) is 17.0. The minimum absolute atomic E-state index is 0.149. The Hall–Kier alpha value is -2.60. The second-order valence-electron chi connectivity index (χ2n) is 7.36. The average Bonchev–Trinajstić information content (AvgIpc) is 3.49. The molecule has 0 bridgehead atoms. The Kier molecular flexibility index (Phi) is 9.02. The highest BCUT2D eigenvalue weighted by atomic mass is 35.5. The summed E-state index contributed by atoms with van der Waals surface area (Å²) in [6.45, 7) is 4.47. The van der Waals surface area contributed by atoms with Gasteiger partial charge in [-0.15, -0.1) is 20.4 Å². The van der Waals surface area contributed by atoms with Crippen molar-refractivity contribution >= 4 is 57.5 Å². The smallest absolute Gasteiger partial charge is 0.236 e. The molecule has 0 spiro atoms. The summed E-state index contributed by atoms with van der Waals surface area (Å²) in [5.41, 5.74) is 0.881. The zero-order valence-corrected chi connectivity index (χ0v) is 22.3. The van der Waals surface area contributed by atoms with E-state index in [2.05, 4.69) is 39.6 Å². The van der Waals surface area contributed by atoms with Crippen molar-refractivity contribution in [2.24, 2.45) is 0 Å². The number of benzene rings is 2. The maximum Gasteiger partial charge on any atom is 0.236 e. The molecule has 0 radical (unpaired) electrons. The van der Waals surface area contributed by atoms with E-state index in [0.29, 0.717) is 32.1 Å². The number of thioether (sulfide) groups is 2. The van der Waals surface area contributed by atoms with Crippen molar-refractivity contribution in [3.8, 4) is 11.4 Å². The van der Waals surface area contributed by atoms with Gasteiger partial charge in [0.25, 0.3) is 0 Å². The Morgan fingerprint density at radius 2 is 1.89 bits per heavy atom. The molecule has 8 nitrogen and oxygen atoms in total. The second-order valence-corrected chi connectivity index (χ2v) is 11.4. The van der Waals surface area contributed by atoms with E-state index in [1.165, 1.54) is 23.1 Å². The van der Waals surface area contributed by atoms with Crippen molar-refractivity contribution < 1.29 is 9.53 Å². The first kappa shape index (κ1) is 25.5. The highest BCUT2D eigenvalue weighted by Gasteiger charge is 2.17. The Morgan fingerprint density at radius 1 is 1.11 bits per heavy atom. The molecule has 4 aromatic rings. The van der Waals surface area contributed by atoms with Crippen molar-refractivity contribution in [1.29, 1.82) is 0 Å². The van der Waals surface area contributed by atoms with E-state index < -0.39 is 0 Å². The molecule has 12 heteroatoms. The number of anilines is 1. The number of rotatable bonds is 11. The summed E-state index contributed by atoms with van der Waals surface area (Å²) < 4.78 is 8.61. The molecule has 1 unspecified atom stereocenters. The van der Waals surface area contributed by atoms with Crippen LogP contribution in [0, 0.1) is 0 Å². The Labute approximate surface area is 220 Å². The molecule has 0 fully saturated rings. The highest BCUT2D eigenvalue weighted by Crippen LogP contribution is 2.30. The molecule has 0 aliphatic rings. The monoisotopic (exact) mass is 546 g/mol. The lowest BCUT2D eigenvalue weighted by Gasteiger charge is -2.11. The number of ether oxygens (including phenoxy) is 1. The van der Waals surface area contributed by atoms with Gasteiger partial charge >= 0.3 is 0 Å². The van der Waals surface area contributed by atoms with Gasteiger partial charge in [-0.25, -0.2) is 0 Å². The van der Waals surface area contributed by atoms with Gasteiger partial charge in [-0.05, 0) is 42.8 Å². The van der Waals surface area contributed by atoms with Crippen LogP contribution in [0.4, 0.5) is 5.13 Å². The molecule has 0 saturated heterocycles. The number of hydrogen-bond acceptors (Lipinski definition) is 9. The molecule has 1 atom stereocenters. The first-order valence-corrected chi connectivity index (χ1v) is 13.9. The van der Waals surface area contributed by atoms with Crippen LogP contribution in [0.15, 0.2) is 64.1 Å². The number of amides is 1. The van der Waals surface area contributed by atoms with E-state index in [1.807, 2.05) is 34.9 Å². The van der Waals surface area contributed by atoms with E-state index in [9.17, 15) is 4.79 Å². The molecule has 2 aromatic carbocycles. The average molecular weight is 547 g/mol. The van der Waals surface area contributed by atoms with Gasteiger partial charge in [0.15, 0.2) is 15.3 Å². The summed E-state index contributed by atoms with van der Waals surface area (Å²) in [6.07, 6.45) is 1.04. The van der Waals surface area contributed by atoms with Crippen LogP contribution in [-0.4, -0.2) is 41.9 Å². The van der Waals surface area contributed by atoms with Gasteiger partial charge in [0.05, 0.1) is 5.75 Å². The molecule has 0 aliphatic heterocycles. The Bertz CT molecular complexity index is 1250. The third-order valence-electron chi connectivity index (χ3n) is 4.76. The zero-order valence-electron chi connectivity index (χ0n) is 19.1. The standard InChI is InChI=1S/C23H23ClN6O2S3/c1-3-15(2)34-23-29-27-21(35-23)25-20(31)14-33-22-28-26-19(30(22)17-7-5-4-6-8-17)13-32-18-11-9-16(24)10-12-18/h4-12,15H,3,13-14H2,1-2H3,(H,25,27,31). The summed E-state index contributed by atoms with van der Waals surface area (Å²) >= 11 is 10.3. The SMILES string of the molecule is CCC(C)Sc1nnc(NC(=O)CSc2nnc(COc3ccc(Cl)cc3)n2-c2ccccc2)s1. The molecule has 2 heterocycles. The number of aromatic nitrogens is 5. The third kappa shape index (κ3) is 7.20. The second kappa shape index (κ2) is 12.4. The topological polar surface area (TPSA) is 94.8 Å². The minimum atomic E-state index is -0.187. The summed E-state index contributed by atoms with van der Waals surface area (Å²) in [6, 6.07) is 16.8. The lowest BCUT2D eigenvalue weighted by molar-refractivity contribution is -0.113. The highest BCUT2D eigenvalue weighted by molar-refractivity contribution is 8.01. The maximum absolute atomic E-state index is 12.6. The molecule has 4 rings (SSSR count). The summed E-state index contributed by atoms with van der Waals surface area (Å²) in [7, 11) is 0. The third-order valence-corrected chi connectivity index (χ3v) is 8.13. The molecule has 182 valence electrons. The van der Waals surface area contributed by atoms with E-state index in [-0.39, 0.29) is 18.3 Å². The van der Waals surface area contributed by atoms with Gasteiger partial charge in [0.2, 0.25) is 11.0 Å². The number of nitrogens with one attached hydrogen (secondary N) is 1. The Morgan fingerprint density at radius 3 is 2.63 bits per heavy atom. The van der Waals surface area contributed by atoms with Crippen molar-refractivity contribution in [3.05, 3.63) is 65.4 Å². The number of halogens is 1. The fraction of sp³-hybridized carbons (Fsp3) is 0.261. The first-order valence-electron chi connectivity index (χ1n) is 10.8. The Balaban J connectivity index is 1.42. The molecule has 0 saturated carbocycles. The van der Waals surface area contributed by atoms with Gasteiger partial charge in [0.1, 0.15) is 12.4 Å². The number of carbonyl (C=O) groups is 1. The number of nitrogens with zero attached hydrogens (tertiary/aromatic N) is 5. The lowest BCUT2D eigenvalue weighted by Crippen LogP contribution is -2.14. The van der Waals surface area contributed by atoms with Crippen LogP contribution >= 0.6 is 46.5 Å². The molecular formula is C23H23ClN6O2S3. The summed E-state index contributed by atoms with van der Waals surface area (Å²) in [4.78, 5) is 12.6. The van der Waals surface area contributed by atoms with Gasteiger partial charge in [0, 0.05) is 16.0 Å². The van der Waals surface area contributed by atoms with Gasteiger partial charge < -0.3 is 4.74 Å². The van der Waals surface area contributed by atoms with Gasteiger partial charge in [-0.2, -0.15) is 0 Å². The molecule has 0 aliphatic carbocycles. The van der Waals surface area contributed by atoms with Crippen LogP contribution in [0.2, 0.25) is 5.02 Å². The van der Waals surface area contributed by atoms with Crippen molar-refractivity contribution in [3.63, 3.8) is 0 Å². The molecule has 1 amide bonds. The molecule has 2 aromatic heterocycles. The predicted octanol–water partition coefficient (Wildman–Crippen LogP) is 5.97. The fourth-order valence-corrected chi connectivity index (χ4v) is 5.76. The zero-order chi connectivity index (χ0) is 24.6. The van der Waals surface area contributed by atoms with E-state index in [1.54, 1.807) is 36.0 Å². The predicted molar refractivity (Wildman–Crippen MR) is 142 cm³/mol. The maximum atomic E-state index is 12.6. The lowest BCUT2D eigenvalue weighted by atomic mass is 10.3. The van der Waals surface area contributed by atoms with Crippen LogP contribution in [0.5, 0.6) is 5.75 Å². The van der Waals surface area contributed by atoms with E-state index in [0.717, 1.165) is 16.4 Å². The number of para-hydroxylation sites is 1. The van der Waals surface area contributed by atoms with E-state index >= 15 is 0 Å². The van der Waals surface area contributed by atoms with Crippen LogP contribution < -0.4 is 10.1 Å². The largest absolute Gasteiger partial charge is 0.486 e. The van der Waals surface area contributed by atoms with E-state index in [4.69, 9.17) is 16.3 Å². The molecular weight excluding hydrogens is 524 g/mol. The fourth-order valence-electron chi connectivity index (χ4n) is 2.85. The van der Waals surface area contributed by atoms with Crippen LogP contribution in [-0.2, 0) is 11.4 Å². The van der Waals surface area contributed by atoms with Crippen molar-refractivity contribution in [1.82, 2.24) is 25.0 Å². The number of hydrogen-bond donors (Lipinski definition) is 1. The van der Waals surface area contributed by atoms with Gasteiger partial charge in [-0.3, -0.25) is 14.7 Å². The van der Waals surface area contributed by atoms with Crippen LogP contribution in [0.25, 0.3) is 5.69 Å². The molecule has 35 heavy (non-hydrogen) atoms. The quantitative estimate of drug-likeness (QED) is 0.181. The van der Waals surface area contributed by atoms with Crippen molar-refractivity contribution in [2.75, 3.05) is 11.1 Å². The summed E-state index contributed by atoms with van der Waals surface area (Å²) in [5, 5.41) is 21.8. The van der Waals surface area contributed by atoms with Crippen LogP contribution in [0.3, 0.4) is 0 Å². The van der Waals surface area contributed by atoms with Crippen LogP contribution in [0.1, 0.15) is 26.1 Å². The minimum Gasteiger partial charge on any atom is -0.486 e. The normalized spacial score (nSPS) is 11.9. The van der Waals surface area contributed by atoms with Crippen molar-refractivity contribution in [2.45, 2.75) is 41.6 Å². The number of carbonyl (C=O) groups excluding carboxylic acids is 1.